The number of halogens is 1. The van der Waals surface area contributed by atoms with Crippen molar-refractivity contribution in [2.45, 2.75) is 12.6 Å². The highest BCUT2D eigenvalue weighted by Crippen LogP contribution is 2.27. The molecule has 1 aromatic carbocycles. The maximum absolute atomic E-state index is 9.82. The van der Waals surface area contributed by atoms with Gasteiger partial charge in [0.25, 0.3) is 0 Å². The third-order valence-electron chi connectivity index (χ3n) is 3.95. The van der Waals surface area contributed by atoms with Crippen molar-refractivity contribution in [2.75, 3.05) is 31.0 Å². The topological polar surface area (TPSA) is 117 Å². The largest absolute Gasteiger partial charge is 0.497 e. The van der Waals surface area contributed by atoms with Crippen molar-refractivity contribution < 1.29 is 14.9 Å². The van der Waals surface area contributed by atoms with E-state index in [0.29, 0.717) is 34.8 Å². The molecule has 0 spiro atoms. The van der Waals surface area contributed by atoms with E-state index in [1.165, 1.54) is 6.20 Å². The molecule has 0 amide bonds. The lowest BCUT2D eigenvalue weighted by atomic mass is 10.1. The maximum atomic E-state index is 9.82. The van der Waals surface area contributed by atoms with E-state index < -0.39 is 6.04 Å². The summed E-state index contributed by atoms with van der Waals surface area (Å²) >= 11 is 6.23. The Morgan fingerprint density at radius 1 is 1.29 bits per heavy atom. The van der Waals surface area contributed by atoms with Crippen LogP contribution in [0.3, 0.4) is 0 Å². The minimum absolute atomic E-state index is 0.000543. The molecule has 0 bridgehead atoms. The summed E-state index contributed by atoms with van der Waals surface area (Å²) in [6.07, 6.45) is 4.80. The van der Waals surface area contributed by atoms with E-state index >= 15 is 0 Å². The van der Waals surface area contributed by atoms with E-state index in [1.807, 2.05) is 24.3 Å². The average molecular weight is 405 g/mol. The van der Waals surface area contributed by atoms with Gasteiger partial charge < -0.3 is 25.6 Å². The van der Waals surface area contributed by atoms with E-state index in [1.54, 1.807) is 24.2 Å². The van der Waals surface area contributed by atoms with Crippen LogP contribution in [0.15, 0.2) is 42.9 Å². The predicted octanol–water partition coefficient (Wildman–Crippen LogP) is 2.22. The van der Waals surface area contributed by atoms with Gasteiger partial charge in [-0.15, -0.1) is 0 Å². The number of nitrogens with zero attached hydrogens (tertiary/aromatic N) is 4. The number of nitrogens with one attached hydrogen (secondary N) is 2. The first kappa shape index (κ1) is 19.9. The number of hydrogen-bond acceptors (Lipinski definition) is 8. The first-order chi connectivity index (χ1) is 13.6. The smallest absolute Gasteiger partial charge is 0.229 e. The van der Waals surface area contributed by atoms with Gasteiger partial charge in [0, 0.05) is 6.20 Å². The van der Waals surface area contributed by atoms with Gasteiger partial charge in [-0.1, -0.05) is 23.7 Å². The van der Waals surface area contributed by atoms with Gasteiger partial charge in [0.15, 0.2) is 5.82 Å². The van der Waals surface area contributed by atoms with Crippen molar-refractivity contribution in [3.63, 3.8) is 0 Å². The molecule has 0 fully saturated rings. The molecule has 0 aliphatic heterocycles. The second-order valence-electron chi connectivity index (χ2n) is 5.89. The molecule has 1 unspecified atom stereocenters. The van der Waals surface area contributed by atoms with Gasteiger partial charge >= 0.3 is 0 Å². The molecule has 10 heteroatoms. The van der Waals surface area contributed by atoms with Crippen LogP contribution >= 0.6 is 11.6 Å². The molecule has 2 aromatic heterocycles. The number of aliphatic hydroxyl groups is 2. The number of rotatable bonds is 9. The third-order valence-corrected chi connectivity index (χ3v) is 4.23. The molecule has 0 saturated heterocycles. The fraction of sp³-hybridized carbons (Fsp3) is 0.278. The quantitative estimate of drug-likeness (QED) is 0.429. The molecular formula is C18H21ClN6O3. The fourth-order valence-electron chi connectivity index (χ4n) is 2.57. The molecule has 0 saturated carbocycles. The number of aromatic nitrogens is 4. The Kier molecular flexibility index (Phi) is 6.64. The molecule has 0 aliphatic rings. The summed E-state index contributed by atoms with van der Waals surface area (Å²) in [5, 5.41) is 29.4. The SMILES string of the molecule is COc1cccc(C(CO)Nc2nc(Nc3cnn(CCO)c3)ncc2Cl)c1. The molecule has 0 aliphatic carbocycles. The number of benzene rings is 1. The lowest BCUT2D eigenvalue weighted by molar-refractivity contribution is 0.269. The molecule has 3 aromatic rings. The van der Waals surface area contributed by atoms with Crippen LogP contribution in [0.5, 0.6) is 5.75 Å². The maximum Gasteiger partial charge on any atom is 0.229 e. The highest BCUT2D eigenvalue weighted by molar-refractivity contribution is 6.32. The van der Waals surface area contributed by atoms with E-state index in [-0.39, 0.29) is 13.2 Å². The van der Waals surface area contributed by atoms with Gasteiger partial charge in [-0.25, -0.2) is 4.98 Å². The van der Waals surface area contributed by atoms with Crippen molar-refractivity contribution in [2.24, 2.45) is 0 Å². The molecule has 28 heavy (non-hydrogen) atoms. The number of methoxy groups -OCH3 is 1. The van der Waals surface area contributed by atoms with Gasteiger partial charge in [-0.3, -0.25) is 4.68 Å². The molecule has 1 atom stereocenters. The Balaban J connectivity index is 1.77. The summed E-state index contributed by atoms with van der Waals surface area (Å²) in [7, 11) is 1.59. The zero-order valence-electron chi connectivity index (χ0n) is 15.2. The van der Waals surface area contributed by atoms with Gasteiger partial charge in [-0.05, 0) is 17.7 Å². The Bertz CT molecular complexity index is 920. The zero-order valence-corrected chi connectivity index (χ0v) is 16.0. The molecule has 9 nitrogen and oxygen atoms in total. The fourth-order valence-corrected chi connectivity index (χ4v) is 2.71. The average Bonchev–Trinajstić information content (AvgIpc) is 3.15. The minimum atomic E-state index is -0.428. The van der Waals surface area contributed by atoms with E-state index in [2.05, 4.69) is 25.7 Å². The standard InChI is InChI=1S/C18H21ClN6O3/c1-28-14-4-2-3-12(7-14)16(11-27)23-17-15(19)9-20-18(24-17)22-13-8-21-25(10-13)5-6-26/h2-4,7-10,16,26-27H,5-6,11H2,1H3,(H2,20,22,23,24). The first-order valence-corrected chi connectivity index (χ1v) is 8.95. The highest BCUT2D eigenvalue weighted by Gasteiger charge is 2.15. The summed E-state index contributed by atoms with van der Waals surface area (Å²) in [4.78, 5) is 8.54. The molecular weight excluding hydrogens is 384 g/mol. The lowest BCUT2D eigenvalue weighted by Crippen LogP contribution is -2.16. The lowest BCUT2D eigenvalue weighted by Gasteiger charge is -2.19. The van der Waals surface area contributed by atoms with Gasteiger partial charge in [0.1, 0.15) is 10.8 Å². The summed E-state index contributed by atoms with van der Waals surface area (Å²) in [6.45, 7) is 0.234. The predicted molar refractivity (Wildman–Crippen MR) is 106 cm³/mol. The highest BCUT2D eigenvalue weighted by atomic mass is 35.5. The normalized spacial score (nSPS) is 11.9. The Hall–Kier alpha value is -2.88. The third kappa shape index (κ3) is 4.89. The zero-order chi connectivity index (χ0) is 19.9. The van der Waals surface area contributed by atoms with Crippen molar-refractivity contribution >= 4 is 29.1 Å². The van der Waals surface area contributed by atoms with Gasteiger partial charge in [0.2, 0.25) is 5.95 Å². The van der Waals surface area contributed by atoms with Crippen LogP contribution in [-0.2, 0) is 6.54 Å². The molecule has 3 rings (SSSR count). The van der Waals surface area contributed by atoms with E-state index in [4.69, 9.17) is 21.4 Å². The van der Waals surface area contributed by atoms with Crippen LogP contribution in [-0.4, -0.2) is 50.3 Å². The second kappa shape index (κ2) is 9.36. The second-order valence-corrected chi connectivity index (χ2v) is 6.29. The Morgan fingerprint density at radius 2 is 2.14 bits per heavy atom. The van der Waals surface area contributed by atoms with E-state index in [9.17, 15) is 5.11 Å². The Labute approximate surface area is 167 Å². The van der Waals surface area contributed by atoms with Crippen molar-refractivity contribution in [3.05, 3.63) is 53.4 Å². The first-order valence-electron chi connectivity index (χ1n) is 8.57. The van der Waals surface area contributed by atoms with Crippen molar-refractivity contribution in [3.8, 4) is 5.75 Å². The van der Waals surface area contributed by atoms with Crippen molar-refractivity contribution in [1.29, 1.82) is 0 Å². The van der Waals surface area contributed by atoms with Crippen LogP contribution in [0.25, 0.3) is 0 Å². The molecule has 148 valence electrons. The van der Waals surface area contributed by atoms with E-state index in [0.717, 1.165) is 5.56 Å². The van der Waals surface area contributed by atoms with Crippen LogP contribution in [0.4, 0.5) is 17.5 Å². The number of anilines is 3. The van der Waals surface area contributed by atoms with Crippen molar-refractivity contribution in [1.82, 2.24) is 19.7 Å². The summed E-state index contributed by atoms with van der Waals surface area (Å²) in [5.74, 6) is 1.38. The van der Waals surface area contributed by atoms with Crippen LogP contribution < -0.4 is 15.4 Å². The monoisotopic (exact) mass is 404 g/mol. The van der Waals surface area contributed by atoms with Crippen LogP contribution in [0.1, 0.15) is 11.6 Å². The van der Waals surface area contributed by atoms with Gasteiger partial charge in [-0.2, -0.15) is 10.1 Å². The summed E-state index contributed by atoms with van der Waals surface area (Å²) in [5.41, 5.74) is 1.50. The number of hydrogen-bond donors (Lipinski definition) is 4. The number of ether oxygens (including phenoxy) is 1. The summed E-state index contributed by atoms with van der Waals surface area (Å²) < 4.78 is 6.83. The molecule has 0 radical (unpaired) electrons. The van der Waals surface area contributed by atoms with Crippen LogP contribution in [0, 0.1) is 0 Å². The summed E-state index contributed by atoms with van der Waals surface area (Å²) in [6, 6.07) is 6.95. The van der Waals surface area contributed by atoms with Crippen LogP contribution in [0.2, 0.25) is 5.02 Å². The Morgan fingerprint density at radius 3 is 2.89 bits per heavy atom. The molecule has 4 N–H and O–H groups in total. The van der Waals surface area contributed by atoms with Gasteiger partial charge in [0.05, 0.1) is 51.0 Å². The number of aliphatic hydroxyl groups excluding tert-OH is 2. The minimum Gasteiger partial charge on any atom is -0.497 e. The molecule has 2 heterocycles.